The molecule has 0 amide bonds. The Morgan fingerprint density at radius 1 is 0.955 bits per heavy atom. The fourth-order valence-corrected chi connectivity index (χ4v) is 3.33. The van der Waals surface area contributed by atoms with E-state index in [1.165, 1.54) is 16.9 Å². The van der Waals surface area contributed by atoms with Gasteiger partial charge in [-0.15, -0.1) is 0 Å². The van der Waals surface area contributed by atoms with Crippen molar-refractivity contribution in [1.82, 2.24) is 5.32 Å². The van der Waals surface area contributed by atoms with Gasteiger partial charge in [-0.3, -0.25) is 5.32 Å². The van der Waals surface area contributed by atoms with Crippen molar-refractivity contribution in [1.29, 1.82) is 0 Å². The van der Waals surface area contributed by atoms with Gasteiger partial charge in [-0.05, 0) is 30.3 Å². The summed E-state index contributed by atoms with van der Waals surface area (Å²) in [6.45, 7) is 2.66. The maximum absolute atomic E-state index is 3.56. The molecule has 2 aliphatic rings. The summed E-state index contributed by atoms with van der Waals surface area (Å²) in [5.41, 5.74) is 5.81. The Kier molecular flexibility index (Phi) is 3.56. The number of hydrogen-bond acceptors (Lipinski definition) is 5. The van der Waals surface area contributed by atoms with E-state index in [4.69, 9.17) is 0 Å². The Morgan fingerprint density at radius 2 is 1.77 bits per heavy atom. The van der Waals surface area contributed by atoms with Gasteiger partial charge in [0.2, 0.25) is 0 Å². The summed E-state index contributed by atoms with van der Waals surface area (Å²) in [5.74, 6) is 0. The topological polar surface area (TPSA) is 60.1 Å². The molecule has 2 aromatic rings. The molecular weight excluding hydrogens is 342 g/mol. The summed E-state index contributed by atoms with van der Waals surface area (Å²) in [6, 6.07) is 12.6. The van der Waals surface area contributed by atoms with E-state index < -0.39 is 0 Å². The highest BCUT2D eigenvalue weighted by molar-refractivity contribution is 9.10. The normalized spacial score (nSPS) is 19.0. The minimum Gasteiger partial charge on any atom is -0.382 e. The summed E-state index contributed by atoms with van der Waals surface area (Å²) >= 11 is 3.52. The second-order valence-corrected chi connectivity index (χ2v) is 6.40. The van der Waals surface area contributed by atoms with Gasteiger partial charge in [-0.1, -0.05) is 22.0 Å². The molecule has 1 unspecified atom stereocenters. The van der Waals surface area contributed by atoms with E-state index in [2.05, 4.69) is 66.8 Å². The van der Waals surface area contributed by atoms with E-state index in [0.29, 0.717) is 0 Å². The zero-order valence-corrected chi connectivity index (χ0v) is 13.6. The largest absolute Gasteiger partial charge is 0.382 e. The van der Waals surface area contributed by atoms with Crippen molar-refractivity contribution in [3.8, 4) is 0 Å². The molecule has 2 aromatic carbocycles. The Balaban J connectivity index is 1.66. The first-order chi connectivity index (χ1) is 10.8. The van der Waals surface area contributed by atoms with Crippen molar-refractivity contribution in [3.63, 3.8) is 0 Å². The molecule has 4 rings (SSSR count). The van der Waals surface area contributed by atoms with Gasteiger partial charge in [0.1, 0.15) is 6.17 Å². The van der Waals surface area contributed by atoms with Crippen LogP contribution in [0.25, 0.3) is 0 Å². The lowest BCUT2D eigenvalue weighted by Gasteiger charge is -2.32. The van der Waals surface area contributed by atoms with Gasteiger partial charge in [0, 0.05) is 34.5 Å². The fourth-order valence-electron chi connectivity index (χ4n) is 2.93. The quantitative estimate of drug-likeness (QED) is 0.569. The molecule has 5 nitrogen and oxygen atoms in total. The SMILES string of the molecule is Brc1cccc(NC2NCNc3cc4c(cc32)NCCN4)c1. The highest BCUT2D eigenvalue weighted by atomic mass is 79.9. The number of hydrogen-bond donors (Lipinski definition) is 5. The molecule has 1 atom stereocenters. The number of benzene rings is 2. The van der Waals surface area contributed by atoms with Crippen LogP contribution in [0.3, 0.4) is 0 Å². The van der Waals surface area contributed by atoms with Crippen LogP contribution in [-0.2, 0) is 0 Å². The molecule has 0 aromatic heterocycles. The van der Waals surface area contributed by atoms with Crippen molar-refractivity contribution in [2.24, 2.45) is 0 Å². The lowest BCUT2D eigenvalue weighted by molar-refractivity contribution is 0.597. The van der Waals surface area contributed by atoms with Crippen LogP contribution in [0.4, 0.5) is 22.7 Å². The smallest absolute Gasteiger partial charge is 0.107 e. The average Bonchev–Trinajstić information content (AvgIpc) is 2.53. The third kappa shape index (κ3) is 2.60. The van der Waals surface area contributed by atoms with E-state index in [1.807, 2.05) is 12.1 Å². The first-order valence-corrected chi connectivity index (χ1v) is 8.24. The molecule has 0 aliphatic carbocycles. The minimum atomic E-state index is 0.0829. The van der Waals surface area contributed by atoms with Crippen LogP contribution in [0.15, 0.2) is 40.9 Å². The second kappa shape index (κ2) is 5.70. The van der Waals surface area contributed by atoms with E-state index in [0.717, 1.165) is 35.6 Å². The third-order valence-corrected chi connectivity index (χ3v) is 4.47. The van der Waals surface area contributed by atoms with Crippen LogP contribution in [0, 0.1) is 0 Å². The van der Waals surface area contributed by atoms with E-state index in [-0.39, 0.29) is 6.17 Å². The average molecular weight is 360 g/mol. The molecule has 0 spiro atoms. The van der Waals surface area contributed by atoms with E-state index in [1.54, 1.807) is 0 Å². The molecule has 6 heteroatoms. The predicted octanol–water partition coefficient (Wildman–Crippen LogP) is 3.37. The maximum atomic E-state index is 3.56. The minimum absolute atomic E-state index is 0.0829. The Bertz CT molecular complexity index is 703. The van der Waals surface area contributed by atoms with Gasteiger partial charge in [-0.2, -0.15) is 0 Å². The number of nitrogens with one attached hydrogen (secondary N) is 5. The zero-order chi connectivity index (χ0) is 14.9. The molecule has 0 fully saturated rings. The van der Waals surface area contributed by atoms with Gasteiger partial charge in [0.25, 0.3) is 0 Å². The molecule has 0 bridgehead atoms. The first-order valence-electron chi connectivity index (χ1n) is 7.45. The standard InChI is InChI=1S/C16H18BrN5/c17-10-2-1-3-11(6-10)22-16-12-7-14-15(19-5-4-18-14)8-13(12)20-9-21-16/h1-3,6-8,16,18-22H,4-5,9H2. The lowest BCUT2D eigenvalue weighted by atomic mass is 10.0. The van der Waals surface area contributed by atoms with Crippen LogP contribution >= 0.6 is 15.9 Å². The molecule has 5 N–H and O–H groups in total. The predicted molar refractivity (Wildman–Crippen MR) is 95.6 cm³/mol. The van der Waals surface area contributed by atoms with Crippen molar-refractivity contribution in [2.45, 2.75) is 6.17 Å². The Morgan fingerprint density at radius 3 is 2.59 bits per heavy atom. The van der Waals surface area contributed by atoms with Crippen LogP contribution in [0.2, 0.25) is 0 Å². The van der Waals surface area contributed by atoms with Crippen LogP contribution in [-0.4, -0.2) is 19.8 Å². The summed E-state index contributed by atoms with van der Waals surface area (Å²) in [6.07, 6.45) is 0.0829. The monoisotopic (exact) mass is 359 g/mol. The second-order valence-electron chi connectivity index (χ2n) is 5.48. The van der Waals surface area contributed by atoms with Gasteiger partial charge in [0.05, 0.1) is 18.0 Å². The third-order valence-electron chi connectivity index (χ3n) is 3.98. The molecule has 114 valence electrons. The van der Waals surface area contributed by atoms with Crippen LogP contribution < -0.4 is 26.6 Å². The van der Waals surface area contributed by atoms with Gasteiger partial charge < -0.3 is 21.3 Å². The molecule has 2 heterocycles. The highest BCUT2D eigenvalue weighted by Crippen LogP contribution is 2.36. The van der Waals surface area contributed by atoms with Crippen molar-refractivity contribution in [3.05, 3.63) is 46.4 Å². The van der Waals surface area contributed by atoms with Gasteiger partial charge >= 0.3 is 0 Å². The van der Waals surface area contributed by atoms with Crippen molar-refractivity contribution in [2.75, 3.05) is 41.0 Å². The summed E-state index contributed by atoms with van der Waals surface area (Å²) in [7, 11) is 0. The molecule has 2 aliphatic heterocycles. The molecule has 0 saturated carbocycles. The lowest BCUT2D eigenvalue weighted by Crippen LogP contribution is -2.37. The van der Waals surface area contributed by atoms with Crippen LogP contribution in [0.1, 0.15) is 11.7 Å². The summed E-state index contributed by atoms with van der Waals surface area (Å²) < 4.78 is 1.07. The zero-order valence-electron chi connectivity index (χ0n) is 12.0. The van der Waals surface area contributed by atoms with E-state index >= 15 is 0 Å². The molecule has 0 saturated heterocycles. The van der Waals surface area contributed by atoms with Crippen molar-refractivity contribution < 1.29 is 0 Å². The van der Waals surface area contributed by atoms with Gasteiger partial charge in [-0.25, -0.2) is 0 Å². The van der Waals surface area contributed by atoms with Crippen molar-refractivity contribution >= 4 is 38.7 Å². The fraction of sp³-hybridized carbons (Fsp3) is 0.250. The number of halogens is 1. The van der Waals surface area contributed by atoms with Gasteiger partial charge in [0.15, 0.2) is 0 Å². The first kappa shape index (κ1) is 13.7. The Labute approximate surface area is 138 Å². The molecule has 0 radical (unpaired) electrons. The number of rotatable bonds is 2. The molecular formula is C16H18BrN5. The number of fused-ring (bicyclic) bond motifs is 2. The number of anilines is 4. The Hall–Kier alpha value is -1.92. The maximum Gasteiger partial charge on any atom is 0.107 e. The molecule has 22 heavy (non-hydrogen) atoms. The summed E-state index contributed by atoms with van der Waals surface area (Å²) in [5, 5.41) is 17.3. The van der Waals surface area contributed by atoms with E-state index in [9.17, 15) is 0 Å². The highest BCUT2D eigenvalue weighted by Gasteiger charge is 2.22. The summed E-state index contributed by atoms with van der Waals surface area (Å²) in [4.78, 5) is 0. The van der Waals surface area contributed by atoms with Crippen LogP contribution in [0.5, 0.6) is 0 Å².